The fourth-order valence-corrected chi connectivity index (χ4v) is 4.11. The van der Waals surface area contributed by atoms with Crippen molar-refractivity contribution in [2.75, 3.05) is 7.11 Å². The number of aromatic nitrogens is 1. The maximum atomic E-state index is 5.31. The van der Waals surface area contributed by atoms with Gasteiger partial charge < -0.3 is 10.1 Å². The summed E-state index contributed by atoms with van der Waals surface area (Å²) in [7, 11) is 1.69. The zero-order valence-electron chi connectivity index (χ0n) is 16.4. The Morgan fingerprint density at radius 3 is 2.61 bits per heavy atom. The third-order valence-electron chi connectivity index (χ3n) is 4.98. The summed E-state index contributed by atoms with van der Waals surface area (Å²) in [6.07, 6.45) is 0. The van der Waals surface area contributed by atoms with Crippen LogP contribution in [0.25, 0.3) is 22.2 Å². The topological polar surface area (TPSA) is 34.1 Å². The summed E-state index contributed by atoms with van der Waals surface area (Å²) in [4.78, 5) is 6.37. The smallest absolute Gasteiger partial charge is 0.118 e. The quantitative estimate of drug-likeness (QED) is 0.431. The molecule has 0 radical (unpaired) electrons. The summed E-state index contributed by atoms with van der Waals surface area (Å²) in [5, 5.41) is 6.95. The Hall–Kier alpha value is -2.69. The number of nitrogens with zero attached hydrogens (tertiary/aromatic N) is 1. The molecule has 4 aromatic rings. The van der Waals surface area contributed by atoms with E-state index in [1.165, 1.54) is 21.4 Å². The first-order valence-electron chi connectivity index (χ1n) is 9.45. The lowest BCUT2D eigenvalue weighted by Gasteiger charge is -2.16. The van der Waals surface area contributed by atoms with E-state index in [0.29, 0.717) is 6.04 Å². The number of aryl methyl sites for hydroxylation is 1. The zero-order valence-corrected chi connectivity index (χ0v) is 17.2. The number of methoxy groups -OCH3 is 1. The summed E-state index contributed by atoms with van der Waals surface area (Å²) in [5.41, 5.74) is 5.57. The van der Waals surface area contributed by atoms with Gasteiger partial charge in [-0.15, -0.1) is 11.3 Å². The van der Waals surface area contributed by atoms with Gasteiger partial charge in [-0.3, -0.25) is 0 Å². The Balaban J connectivity index is 1.72. The Labute approximate surface area is 170 Å². The second kappa shape index (κ2) is 8.13. The molecule has 142 valence electrons. The molecule has 0 aliphatic rings. The predicted octanol–water partition coefficient (Wildman–Crippen LogP) is 6.13. The lowest BCUT2D eigenvalue weighted by Crippen LogP contribution is -2.18. The molecule has 2 aromatic heterocycles. The fraction of sp³-hybridized carbons (Fsp3) is 0.208. The molecule has 0 saturated carbocycles. The van der Waals surface area contributed by atoms with E-state index in [4.69, 9.17) is 9.72 Å². The van der Waals surface area contributed by atoms with Crippen LogP contribution >= 0.6 is 11.3 Å². The number of ether oxygens (including phenoxy) is 1. The lowest BCUT2D eigenvalue weighted by atomic mass is 10.0. The van der Waals surface area contributed by atoms with Crippen LogP contribution in [0.4, 0.5) is 0 Å². The normalized spacial score (nSPS) is 12.2. The molecular formula is C24H24N2OS. The molecule has 1 N–H and O–H groups in total. The van der Waals surface area contributed by atoms with Gasteiger partial charge in [-0.1, -0.05) is 18.2 Å². The van der Waals surface area contributed by atoms with E-state index in [-0.39, 0.29) is 0 Å². The maximum Gasteiger partial charge on any atom is 0.118 e. The van der Waals surface area contributed by atoms with E-state index >= 15 is 0 Å². The number of hydrogen-bond donors (Lipinski definition) is 1. The highest BCUT2D eigenvalue weighted by Crippen LogP contribution is 2.28. The van der Waals surface area contributed by atoms with Gasteiger partial charge in [0, 0.05) is 28.4 Å². The van der Waals surface area contributed by atoms with Crippen molar-refractivity contribution in [3.63, 3.8) is 0 Å². The SMILES string of the molecule is COc1ccc(-c2nc3cc(C)ccc3cc2CN[C@@H](C)c2cccs2)cc1. The van der Waals surface area contributed by atoms with Crippen molar-refractivity contribution in [2.45, 2.75) is 26.4 Å². The molecule has 0 aliphatic heterocycles. The molecular weight excluding hydrogens is 364 g/mol. The Bertz CT molecular complexity index is 1070. The highest BCUT2D eigenvalue weighted by molar-refractivity contribution is 7.10. The van der Waals surface area contributed by atoms with Crippen molar-refractivity contribution in [3.8, 4) is 17.0 Å². The first-order valence-corrected chi connectivity index (χ1v) is 10.3. The van der Waals surface area contributed by atoms with Crippen molar-refractivity contribution in [1.29, 1.82) is 0 Å². The van der Waals surface area contributed by atoms with Gasteiger partial charge in [-0.2, -0.15) is 0 Å². The first kappa shape index (κ1) is 18.7. The molecule has 0 unspecified atom stereocenters. The summed E-state index contributed by atoms with van der Waals surface area (Å²) >= 11 is 1.78. The van der Waals surface area contributed by atoms with Gasteiger partial charge in [0.1, 0.15) is 5.75 Å². The minimum atomic E-state index is 0.303. The zero-order chi connectivity index (χ0) is 19.5. The van der Waals surface area contributed by atoms with Crippen LogP contribution in [0.2, 0.25) is 0 Å². The van der Waals surface area contributed by atoms with E-state index in [0.717, 1.165) is 29.1 Å². The van der Waals surface area contributed by atoms with Crippen molar-refractivity contribution in [2.24, 2.45) is 0 Å². The minimum absolute atomic E-state index is 0.303. The summed E-state index contributed by atoms with van der Waals surface area (Å²) in [5.74, 6) is 0.853. The van der Waals surface area contributed by atoms with Crippen LogP contribution in [0, 0.1) is 6.92 Å². The van der Waals surface area contributed by atoms with E-state index in [9.17, 15) is 0 Å². The van der Waals surface area contributed by atoms with Gasteiger partial charge in [0.05, 0.1) is 18.3 Å². The van der Waals surface area contributed by atoms with Gasteiger partial charge in [0.2, 0.25) is 0 Å². The molecule has 1 atom stereocenters. The number of hydrogen-bond acceptors (Lipinski definition) is 4. The van der Waals surface area contributed by atoms with Crippen molar-refractivity contribution >= 4 is 22.2 Å². The van der Waals surface area contributed by atoms with Crippen LogP contribution in [0.5, 0.6) is 5.75 Å². The van der Waals surface area contributed by atoms with Gasteiger partial charge in [-0.05, 0) is 72.8 Å². The van der Waals surface area contributed by atoms with Gasteiger partial charge in [0.25, 0.3) is 0 Å². The van der Waals surface area contributed by atoms with E-state index in [1.807, 2.05) is 12.1 Å². The molecule has 2 heterocycles. The molecule has 2 aromatic carbocycles. The van der Waals surface area contributed by atoms with Crippen LogP contribution in [0.15, 0.2) is 66.0 Å². The maximum absolute atomic E-state index is 5.31. The van der Waals surface area contributed by atoms with Crippen molar-refractivity contribution < 1.29 is 4.74 Å². The number of nitrogens with one attached hydrogen (secondary N) is 1. The monoisotopic (exact) mass is 388 g/mol. The largest absolute Gasteiger partial charge is 0.497 e. The lowest BCUT2D eigenvalue weighted by molar-refractivity contribution is 0.415. The molecule has 0 spiro atoms. The van der Waals surface area contributed by atoms with Gasteiger partial charge >= 0.3 is 0 Å². The Kier molecular flexibility index (Phi) is 5.42. The molecule has 0 amide bonds. The van der Waals surface area contributed by atoms with Crippen LogP contribution in [0.3, 0.4) is 0 Å². The molecule has 3 nitrogen and oxygen atoms in total. The molecule has 0 saturated heterocycles. The van der Waals surface area contributed by atoms with Crippen LogP contribution < -0.4 is 10.1 Å². The van der Waals surface area contributed by atoms with Crippen LogP contribution in [-0.4, -0.2) is 12.1 Å². The number of pyridine rings is 1. The third kappa shape index (κ3) is 3.93. The highest BCUT2D eigenvalue weighted by Gasteiger charge is 2.12. The summed E-state index contributed by atoms with van der Waals surface area (Å²) in [6.45, 7) is 5.07. The number of thiophene rings is 1. The summed E-state index contributed by atoms with van der Waals surface area (Å²) in [6, 6.07) is 21.4. The van der Waals surface area contributed by atoms with Gasteiger partial charge in [0.15, 0.2) is 0 Å². The highest BCUT2D eigenvalue weighted by atomic mass is 32.1. The van der Waals surface area contributed by atoms with Crippen LogP contribution in [0.1, 0.15) is 29.0 Å². The average molecular weight is 389 g/mol. The fourth-order valence-electron chi connectivity index (χ4n) is 3.36. The summed E-state index contributed by atoms with van der Waals surface area (Å²) < 4.78 is 5.31. The van der Waals surface area contributed by atoms with E-state index < -0.39 is 0 Å². The first-order chi connectivity index (χ1) is 13.6. The predicted molar refractivity (Wildman–Crippen MR) is 118 cm³/mol. The standard InChI is InChI=1S/C24H24N2OS/c1-16-6-7-19-14-20(15-25-17(2)23-5-4-12-28-23)24(26-22(19)13-16)18-8-10-21(27-3)11-9-18/h4-14,17,25H,15H2,1-3H3/t17-/m0/s1. The van der Waals surface area contributed by atoms with E-state index in [1.54, 1.807) is 18.4 Å². The molecule has 0 aliphatic carbocycles. The van der Waals surface area contributed by atoms with Crippen LogP contribution in [-0.2, 0) is 6.54 Å². The number of benzene rings is 2. The molecule has 0 fully saturated rings. The van der Waals surface area contributed by atoms with E-state index in [2.05, 4.69) is 73.1 Å². The molecule has 4 heteroatoms. The Morgan fingerprint density at radius 2 is 1.89 bits per heavy atom. The average Bonchev–Trinajstić information content (AvgIpc) is 3.26. The van der Waals surface area contributed by atoms with Gasteiger partial charge in [-0.25, -0.2) is 4.98 Å². The van der Waals surface area contributed by atoms with Crippen molar-refractivity contribution in [3.05, 3.63) is 82.0 Å². The molecule has 28 heavy (non-hydrogen) atoms. The molecule has 4 rings (SSSR count). The second-order valence-corrected chi connectivity index (χ2v) is 8.02. The molecule has 0 bridgehead atoms. The number of fused-ring (bicyclic) bond motifs is 1. The van der Waals surface area contributed by atoms with Crippen molar-refractivity contribution in [1.82, 2.24) is 10.3 Å². The third-order valence-corrected chi connectivity index (χ3v) is 6.04. The Morgan fingerprint density at radius 1 is 1.07 bits per heavy atom. The number of rotatable bonds is 6. The minimum Gasteiger partial charge on any atom is -0.497 e. The second-order valence-electron chi connectivity index (χ2n) is 7.04.